The Hall–Kier alpha value is -2.35. The van der Waals surface area contributed by atoms with Gasteiger partial charge in [0.05, 0.1) is 5.69 Å². The predicted molar refractivity (Wildman–Crippen MR) is 79.4 cm³/mol. The second kappa shape index (κ2) is 5.57. The molecule has 2 heterocycles. The summed E-state index contributed by atoms with van der Waals surface area (Å²) in [6.07, 6.45) is 6.00. The number of aromatic nitrogens is 2. The molecule has 0 aromatic carbocycles. The number of nitrogen functional groups attached to an aromatic ring is 1. The van der Waals surface area contributed by atoms with E-state index >= 15 is 0 Å². The molecule has 1 fully saturated rings. The normalized spacial score (nSPS) is 15.8. The molecule has 0 spiro atoms. The van der Waals surface area contributed by atoms with Crippen LogP contribution >= 0.6 is 0 Å². The monoisotopic (exact) mass is 282 g/mol. The highest BCUT2D eigenvalue weighted by Crippen LogP contribution is 2.36. The van der Waals surface area contributed by atoms with Gasteiger partial charge in [-0.25, -0.2) is 4.98 Å². The first-order valence-electron chi connectivity index (χ1n) is 7.33. The van der Waals surface area contributed by atoms with Crippen molar-refractivity contribution in [1.82, 2.24) is 10.1 Å². The second-order valence-electron chi connectivity index (χ2n) is 5.63. The van der Waals surface area contributed by atoms with Gasteiger partial charge in [-0.3, -0.25) is 0 Å². The molecule has 5 heteroatoms. The van der Waals surface area contributed by atoms with Crippen molar-refractivity contribution in [3.8, 4) is 17.4 Å². The lowest BCUT2D eigenvalue weighted by atomic mass is 9.86. The Bertz CT molecular complexity index is 693. The van der Waals surface area contributed by atoms with Gasteiger partial charge in [-0.15, -0.1) is 0 Å². The Morgan fingerprint density at radius 3 is 2.67 bits per heavy atom. The van der Waals surface area contributed by atoms with E-state index in [9.17, 15) is 5.26 Å². The molecule has 2 aromatic rings. The molecule has 0 saturated heterocycles. The number of pyridine rings is 1. The average Bonchev–Trinajstić information content (AvgIpc) is 2.94. The van der Waals surface area contributed by atoms with Crippen LogP contribution in [0, 0.1) is 18.3 Å². The molecule has 0 aliphatic heterocycles. The number of nitrogens with two attached hydrogens (primary N) is 1. The SMILES string of the molecule is Cc1cc(-c2cc(C3CCCCC3)nc(N)c2C#N)on1. The summed E-state index contributed by atoms with van der Waals surface area (Å²) < 4.78 is 5.31. The number of hydrogen-bond donors (Lipinski definition) is 1. The molecule has 2 aromatic heterocycles. The Morgan fingerprint density at radius 1 is 1.29 bits per heavy atom. The fraction of sp³-hybridized carbons (Fsp3) is 0.438. The average molecular weight is 282 g/mol. The smallest absolute Gasteiger partial charge is 0.168 e. The maximum Gasteiger partial charge on any atom is 0.168 e. The van der Waals surface area contributed by atoms with E-state index in [1.165, 1.54) is 19.3 Å². The van der Waals surface area contributed by atoms with Crippen LogP contribution < -0.4 is 5.73 Å². The molecule has 0 radical (unpaired) electrons. The van der Waals surface area contributed by atoms with Crippen molar-refractivity contribution in [2.75, 3.05) is 5.73 Å². The van der Waals surface area contributed by atoms with E-state index in [-0.39, 0.29) is 5.82 Å². The highest BCUT2D eigenvalue weighted by molar-refractivity contribution is 5.72. The van der Waals surface area contributed by atoms with Crippen LogP contribution in [0.5, 0.6) is 0 Å². The summed E-state index contributed by atoms with van der Waals surface area (Å²) in [6, 6.07) is 5.90. The second-order valence-corrected chi connectivity index (χ2v) is 5.63. The standard InChI is InChI=1S/C16H18N4O/c1-10-7-15(21-20-10)12-8-14(11-5-3-2-4-6-11)19-16(18)13(12)9-17/h7-8,11H,2-6H2,1H3,(H2,18,19). The number of hydrogen-bond acceptors (Lipinski definition) is 5. The van der Waals surface area contributed by atoms with Crippen molar-refractivity contribution in [3.05, 3.63) is 29.1 Å². The van der Waals surface area contributed by atoms with Gasteiger partial charge in [0.25, 0.3) is 0 Å². The summed E-state index contributed by atoms with van der Waals surface area (Å²) in [6.45, 7) is 1.85. The third-order valence-corrected chi connectivity index (χ3v) is 4.10. The molecule has 0 amide bonds. The van der Waals surface area contributed by atoms with E-state index < -0.39 is 0 Å². The molecule has 2 N–H and O–H groups in total. The van der Waals surface area contributed by atoms with Crippen LogP contribution in [-0.2, 0) is 0 Å². The van der Waals surface area contributed by atoms with Gasteiger partial charge in [-0.05, 0) is 25.8 Å². The molecular weight excluding hydrogens is 264 g/mol. The van der Waals surface area contributed by atoms with Crippen molar-refractivity contribution in [1.29, 1.82) is 5.26 Å². The fourth-order valence-electron chi connectivity index (χ4n) is 3.00. The van der Waals surface area contributed by atoms with E-state index in [1.807, 2.05) is 19.1 Å². The highest BCUT2D eigenvalue weighted by Gasteiger charge is 2.21. The first-order chi connectivity index (χ1) is 10.2. The lowest BCUT2D eigenvalue weighted by molar-refractivity contribution is 0.425. The van der Waals surface area contributed by atoms with E-state index in [2.05, 4.69) is 16.2 Å². The quantitative estimate of drug-likeness (QED) is 0.909. The Kier molecular flexibility index (Phi) is 3.61. The van der Waals surface area contributed by atoms with Gasteiger partial charge in [-0.1, -0.05) is 24.4 Å². The lowest BCUT2D eigenvalue weighted by Gasteiger charge is -2.22. The number of nitriles is 1. The summed E-state index contributed by atoms with van der Waals surface area (Å²) in [4.78, 5) is 4.45. The minimum Gasteiger partial charge on any atom is -0.383 e. The first-order valence-corrected chi connectivity index (χ1v) is 7.33. The molecule has 1 aliphatic carbocycles. The van der Waals surface area contributed by atoms with Gasteiger partial charge in [0.1, 0.15) is 17.5 Å². The van der Waals surface area contributed by atoms with E-state index in [1.54, 1.807) is 0 Å². The third-order valence-electron chi connectivity index (χ3n) is 4.10. The molecule has 0 bridgehead atoms. The third kappa shape index (κ3) is 2.62. The number of anilines is 1. The summed E-state index contributed by atoms with van der Waals surface area (Å²) in [5.41, 5.74) is 8.80. The minimum absolute atomic E-state index is 0.282. The van der Waals surface area contributed by atoms with Gasteiger partial charge in [0, 0.05) is 23.2 Å². The van der Waals surface area contributed by atoms with Crippen molar-refractivity contribution >= 4 is 5.82 Å². The van der Waals surface area contributed by atoms with E-state index in [0.29, 0.717) is 22.8 Å². The van der Waals surface area contributed by atoms with Crippen LogP contribution in [0.3, 0.4) is 0 Å². The van der Waals surface area contributed by atoms with E-state index in [4.69, 9.17) is 10.3 Å². The zero-order valence-electron chi connectivity index (χ0n) is 12.1. The Balaban J connectivity index is 2.08. The van der Waals surface area contributed by atoms with Gasteiger partial charge < -0.3 is 10.3 Å². The summed E-state index contributed by atoms with van der Waals surface area (Å²) >= 11 is 0. The Morgan fingerprint density at radius 2 is 2.05 bits per heavy atom. The van der Waals surface area contributed by atoms with Gasteiger partial charge in [0.2, 0.25) is 0 Å². The van der Waals surface area contributed by atoms with Crippen molar-refractivity contribution < 1.29 is 4.52 Å². The van der Waals surface area contributed by atoms with Crippen LogP contribution in [0.2, 0.25) is 0 Å². The molecule has 21 heavy (non-hydrogen) atoms. The first kappa shape index (κ1) is 13.6. The van der Waals surface area contributed by atoms with Crippen LogP contribution in [0.15, 0.2) is 16.7 Å². The zero-order chi connectivity index (χ0) is 14.8. The molecule has 0 unspecified atom stereocenters. The molecule has 1 saturated carbocycles. The molecule has 3 rings (SSSR count). The van der Waals surface area contributed by atoms with Gasteiger partial charge in [0.15, 0.2) is 5.76 Å². The van der Waals surface area contributed by atoms with Crippen molar-refractivity contribution in [3.63, 3.8) is 0 Å². The number of aryl methyl sites for hydroxylation is 1. The maximum atomic E-state index is 9.34. The molecule has 5 nitrogen and oxygen atoms in total. The molecule has 0 atom stereocenters. The number of rotatable bonds is 2. The minimum atomic E-state index is 0.282. The molecular formula is C16H18N4O. The highest BCUT2D eigenvalue weighted by atomic mass is 16.5. The predicted octanol–water partition coefficient (Wildman–Crippen LogP) is 3.55. The van der Waals surface area contributed by atoms with Crippen molar-refractivity contribution in [2.24, 2.45) is 0 Å². The molecule has 1 aliphatic rings. The van der Waals surface area contributed by atoms with Crippen LogP contribution in [0.4, 0.5) is 5.82 Å². The Labute approximate surface area is 123 Å². The van der Waals surface area contributed by atoms with Gasteiger partial charge in [-0.2, -0.15) is 5.26 Å². The van der Waals surface area contributed by atoms with Crippen LogP contribution in [0.25, 0.3) is 11.3 Å². The summed E-state index contributed by atoms with van der Waals surface area (Å²) in [7, 11) is 0. The maximum absolute atomic E-state index is 9.34. The molecule has 108 valence electrons. The van der Waals surface area contributed by atoms with Crippen LogP contribution in [-0.4, -0.2) is 10.1 Å². The number of nitrogens with zero attached hydrogens (tertiary/aromatic N) is 3. The fourth-order valence-corrected chi connectivity index (χ4v) is 3.00. The topological polar surface area (TPSA) is 88.7 Å². The largest absolute Gasteiger partial charge is 0.383 e. The zero-order valence-corrected chi connectivity index (χ0v) is 12.1. The lowest BCUT2D eigenvalue weighted by Crippen LogP contribution is -2.09. The van der Waals surface area contributed by atoms with E-state index in [0.717, 1.165) is 24.2 Å². The summed E-state index contributed by atoms with van der Waals surface area (Å²) in [5, 5.41) is 13.2. The van der Waals surface area contributed by atoms with Crippen LogP contribution in [0.1, 0.15) is 55.0 Å². The van der Waals surface area contributed by atoms with Crippen molar-refractivity contribution in [2.45, 2.75) is 44.9 Å². The summed E-state index contributed by atoms with van der Waals surface area (Å²) in [5.74, 6) is 1.29. The van der Waals surface area contributed by atoms with Gasteiger partial charge >= 0.3 is 0 Å².